The van der Waals surface area contributed by atoms with Crippen LogP contribution in [0.15, 0.2) is 24.3 Å². The van der Waals surface area contributed by atoms with Crippen LogP contribution < -0.4 is 16.4 Å². The van der Waals surface area contributed by atoms with Crippen LogP contribution in [0.4, 0.5) is 10.5 Å². The Balaban J connectivity index is 2.64. The van der Waals surface area contributed by atoms with E-state index < -0.39 is 30.1 Å². The molecule has 0 fully saturated rings. The van der Waals surface area contributed by atoms with Crippen LogP contribution in [-0.4, -0.2) is 47.8 Å². The van der Waals surface area contributed by atoms with Crippen molar-refractivity contribution in [2.45, 2.75) is 32.4 Å². The van der Waals surface area contributed by atoms with E-state index in [2.05, 4.69) is 10.6 Å². The van der Waals surface area contributed by atoms with E-state index in [4.69, 9.17) is 10.5 Å². The van der Waals surface area contributed by atoms with Gasteiger partial charge < -0.3 is 21.1 Å². The number of hydrogen-bond acceptors (Lipinski definition) is 6. The van der Waals surface area contributed by atoms with Crippen molar-refractivity contribution in [3.63, 3.8) is 0 Å². The molecule has 1 aromatic carbocycles. The maximum atomic E-state index is 12.2. The lowest BCUT2D eigenvalue weighted by atomic mass is 10.1. The minimum Gasteiger partial charge on any atom is -0.451 e. The number of ether oxygens (including phenoxy) is 1. The molecule has 142 valence electrons. The number of thioether (sulfide) groups is 1. The fourth-order valence-corrected chi connectivity index (χ4v) is 2.47. The molecule has 0 saturated carbocycles. The molecule has 0 aliphatic carbocycles. The van der Waals surface area contributed by atoms with E-state index in [1.54, 1.807) is 24.3 Å². The Bertz CT molecular complexity index is 663. The highest BCUT2D eigenvalue weighted by Crippen LogP contribution is 2.11. The van der Waals surface area contributed by atoms with Crippen molar-refractivity contribution in [2.24, 2.45) is 5.73 Å². The Morgan fingerprint density at radius 3 is 2.31 bits per heavy atom. The Labute approximate surface area is 156 Å². The van der Waals surface area contributed by atoms with E-state index in [-0.39, 0.29) is 5.78 Å². The molecule has 0 radical (unpaired) electrons. The molecule has 0 aliphatic heterocycles. The van der Waals surface area contributed by atoms with Gasteiger partial charge in [-0.1, -0.05) is 0 Å². The van der Waals surface area contributed by atoms with Gasteiger partial charge in [-0.25, -0.2) is 9.59 Å². The highest BCUT2D eigenvalue weighted by atomic mass is 32.2. The molecule has 3 amide bonds. The van der Waals surface area contributed by atoms with Crippen LogP contribution in [0.3, 0.4) is 0 Å². The molecule has 0 heterocycles. The third-order valence-corrected chi connectivity index (χ3v) is 4.08. The summed E-state index contributed by atoms with van der Waals surface area (Å²) in [6.45, 7) is 2.87. The van der Waals surface area contributed by atoms with Crippen LogP contribution in [-0.2, 0) is 14.3 Å². The number of nitrogens with two attached hydrogens (primary N) is 1. The molecule has 4 N–H and O–H groups in total. The third-order valence-electron chi connectivity index (χ3n) is 3.43. The average Bonchev–Trinajstić information content (AvgIpc) is 2.58. The van der Waals surface area contributed by atoms with Crippen molar-refractivity contribution >= 4 is 41.1 Å². The Morgan fingerprint density at radius 2 is 1.81 bits per heavy atom. The van der Waals surface area contributed by atoms with Crippen molar-refractivity contribution in [3.8, 4) is 0 Å². The lowest BCUT2D eigenvalue weighted by Gasteiger charge is -2.19. The molecule has 0 bridgehead atoms. The molecule has 0 aliphatic rings. The standard InChI is InChI=1S/C17H23N3O5S/c1-10(21)12-4-6-13(7-5-12)19-15(22)11(2)25-16(23)14(8-9-26-3)20-17(18)24/h4-7,11,14H,8-9H2,1-3H3,(H,19,22)(H3,18,20,24)/t11-,14-/m0/s1. The quantitative estimate of drug-likeness (QED) is 0.440. The number of rotatable bonds is 9. The van der Waals surface area contributed by atoms with Gasteiger partial charge in [-0.3, -0.25) is 9.59 Å². The predicted octanol–water partition coefficient (Wildman–Crippen LogP) is 1.55. The summed E-state index contributed by atoms with van der Waals surface area (Å²) in [6.07, 6.45) is 1.13. The first-order chi connectivity index (χ1) is 12.2. The first kappa shape index (κ1) is 21.5. The summed E-state index contributed by atoms with van der Waals surface area (Å²) in [7, 11) is 0. The zero-order chi connectivity index (χ0) is 19.7. The van der Waals surface area contributed by atoms with Gasteiger partial charge >= 0.3 is 12.0 Å². The second-order valence-electron chi connectivity index (χ2n) is 5.54. The van der Waals surface area contributed by atoms with Crippen LogP contribution in [0.25, 0.3) is 0 Å². The fourth-order valence-electron chi connectivity index (χ4n) is 2.00. The summed E-state index contributed by atoms with van der Waals surface area (Å²) >= 11 is 1.50. The van der Waals surface area contributed by atoms with Crippen molar-refractivity contribution in [3.05, 3.63) is 29.8 Å². The minimum atomic E-state index is -1.07. The highest BCUT2D eigenvalue weighted by Gasteiger charge is 2.25. The van der Waals surface area contributed by atoms with Crippen molar-refractivity contribution < 1.29 is 23.9 Å². The van der Waals surface area contributed by atoms with Crippen LogP contribution in [0, 0.1) is 0 Å². The smallest absolute Gasteiger partial charge is 0.329 e. The zero-order valence-electron chi connectivity index (χ0n) is 14.9. The van der Waals surface area contributed by atoms with Gasteiger partial charge in [-0.15, -0.1) is 0 Å². The number of carbonyl (C=O) groups excluding carboxylic acids is 4. The van der Waals surface area contributed by atoms with E-state index in [1.165, 1.54) is 25.6 Å². The number of ketones is 1. The van der Waals surface area contributed by atoms with Crippen LogP contribution in [0.5, 0.6) is 0 Å². The van der Waals surface area contributed by atoms with Crippen LogP contribution >= 0.6 is 11.8 Å². The molecule has 1 rings (SSSR count). The van der Waals surface area contributed by atoms with Gasteiger partial charge in [0.05, 0.1) is 0 Å². The van der Waals surface area contributed by atoms with Crippen molar-refractivity contribution in [1.82, 2.24) is 5.32 Å². The third kappa shape index (κ3) is 7.14. The van der Waals surface area contributed by atoms with E-state index >= 15 is 0 Å². The predicted molar refractivity (Wildman–Crippen MR) is 100 cm³/mol. The molecule has 2 atom stereocenters. The topological polar surface area (TPSA) is 128 Å². The fraction of sp³-hybridized carbons (Fsp3) is 0.412. The first-order valence-electron chi connectivity index (χ1n) is 7.91. The van der Waals surface area contributed by atoms with Crippen LogP contribution in [0.1, 0.15) is 30.6 Å². The lowest BCUT2D eigenvalue weighted by Crippen LogP contribution is -2.46. The molecule has 9 heteroatoms. The number of primary amides is 1. The first-order valence-corrected chi connectivity index (χ1v) is 9.31. The van der Waals surface area contributed by atoms with Gasteiger partial charge in [0.2, 0.25) is 0 Å². The molecular formula is C17H23N3O5S. The van der Waals surface area contributed by atoms with E-state index in [9.17, 15) is 19.2 Å². The highest BCUT2D eigenvalue weighted by molar-refractivity contribution is 7.98. The minimum absolute atomic E-state index is 0.0802. The maximum Gasteiger partial charge on any atom is 0.329 e. The summed E-state index contributed by atoms with van der Waals surface area (Å²) in [5, 5.41) is 4.91. The number of urea groups is 1. The normalized spacial score (nSPS) is 12.6. The monoisotopic (exact) mass is 381 g/mol. The van der Waals surface area contributed by atoms with Gasteiger partial charge in [0.25, 0.3) is 5.91 Å². The molecule has 1 aromatic rings. The van der Waals surface area contributed by atoms with Crippen molar-refractivity contribution in [2.75, 3.05) is 17.3 Å². The summed E-state index contributed by atoms with van der Waals surface area (Å²) < 4.78 is 5.12. The molecule has 0 unspecified atom stereocenters. The van der Waals surface area contributed by atoms with Gasteiger partial charge in [-0.05, 0) is 56.5 Å². The molecular weight excluding hydrogens is 358 g/mol. The van der Waals surface area contributed by atoms with E-state index in [0.29, 0.717) is 23.4 Å². The Morgan fingerprint density at radius 1 is 1.19 bits per heavy atom. The number of nitrogens with one attached hydrogen (secondary N) is 2. The maximum absolute atomic E-state index is 12.2. The SMILES string of the molecule is CSCC[C@H](NC(N)=O)C(=O)O[C@@H](C)C(=O)Nc1ccc(C(C)=O)cc1. The number of anilines is 1. The van der Waals surface area contributed by atoms with Gasteiger partial charge in [0.15, 0.2) is 11.9 Å². The number of benzene rings is 1. The van der Waals surface area contributed by atoms with Gasteiger partial charge in [0.1, 0.15) is 6.04 Å². The Kier molecular flexibility index (Phi) is 8.63. The number of Topliss-reactive ketones (excluding diaryl/α,β-unsaturated/α-hetero) is 1. The van der Waals surface area contributed by atoms with E-state index in [0.717, 1.165) is 0 Å². The molecule has 0 spiro atoms. The summed E-state index contributed by atoms with van der Waals surface area (Å²) in [6, 6.07) is 4.59. The van der Waals surface area contributed by atoms with E-state index in [1.807, 2.05) is 6.26 Å². The summed E-state index contributed by atoms with van der Waals surface area (Å²) in [5.41, 5.74) is 6.06. The molecule has 8 nitrogen and oxygen atoms in total. The number of esters is 1. The average molecular weight is 381 g/mol. The van der Waals surface area contributed by atoms with Gasteiger partial charge in [-0.2, -0.15) is 11.8 Å². The van der Waals surface area contributed by atoms with Crippen molar-refractivity contribution in [1.29, 1.82) is 0 Å². The number of carbonyl (C=O) groups is 4. The van der Waals surface area contributed by atoms with Crippen LogP contribution in [0.2, 0.25) is 0 Å². The zero-order valence-corrected chi connectivity index (χ0v) is 15.7. The second-order valence-corrected chi connectivity index (χ2v) is 6.53. The second kappa shape index (κ2) is 10.4. The largest absolute Gasteiger partial charge is 0.451 e. The Hall–Kier alpha value is -2.55. The van der Waals surface area contributed by atoms with Gasteiger partial charge in [0, 0.05) is 11.3 Å². The lowest BCUT2D eigenvalue weighted by molar-refractivity contribution is -0.155. The summed E-state index contributed by atoms with van der Waals surface area (Å²) in [4.78, 5) is 46.6. The molecule has 0 saturated heterocycles. The molecule has 0 aromatic heterocycles. The molecule has 26 heavy (non-hydrogen) atoms. The summed E-state index contributed by atoms with van der Waals surface area (Å²) in [5.74, 6) is -0.726. The number of hydrogen-bond donors (Lipinski definition) is 3. The number of amides is 3.